The minimum atomic E-state index is -0.785. The fraction of sp³-hybridized carbons (Fsp3) is 0.176. The number of nitrogens with zero attached hydrogens (tertiary/aromatic N) is 6. The van der Waals surface area contributed by atoms with E-state index in [1.165, 1.54) is 12.1 Å². The van der Waals surface area contributed by atoms with E-state index in [1.54, 1.807) is 18.7 Å². The van der Waals surface area contributed by atoms with Gasteiger partial charge >= 0.3 is 5.69 Å². The zero-order chi connectivity index (χ0) is 23.1. The van der Waals surface area contributed by atoms with Crippen LogP contribution in [0.3, 0.4) is 0 Å². The summed E-state index contributed by atoms with van der Waals surface area (Å²) < 4.78 is 1.86. The molecule has 3 rings (SSSR count). The lowest BCUT2D eigenvalue weighted by molar-refractivity contribution is -0.384. The fourth-order valence-corrected chi connectivity index (χ4v) is 2.83. The highest BCUT2D eigenvalue weighted by atomic mass is 35.5. The van der Waals surface area contributed by atoms with Gasteiger partial charge in [-0.25, -0.2) is 15.0 Å². The van der Waals surface area contributed by atoms with E-state index in [9.17, 15) is 25.0 Å². The van der Waals surface area contributed by atoms with E-state index in [2.05, 4.69) is 31.1 Å². The van der Waals surface area contributed by atoms with Crippen LogP contribution in [0.25, 0.3) is 0 Å². The second-order valence-electron chi connectivity index (χ2n) is 6.26. The van der Waals surface area contributed by atoms with Crippen molar-refractivity contribution in [1.82, 2.24) is 24.9 Å². The molecule has 3 aromatic rings. The number of halogens is 1. The highest BCUT2D eigenvalue weighted by molar-refractivity contribution is 6.32. The van der Waals surface area contributed by atoms with Crippen LogP contribution in [0.4, 0.5) is 23.0 Å². The van der Waals surface area contributed by atoms with Crippen molar-refractivity contribution in [2.24, 2.45) is 0 Å². The Labute approximate surface area is 184 Å². The van der Waals surface area contributed by atoms with Gasteiger partial charge in [0.1, 0.15) is 11.3 Å². The lowest BCUT2D eigenvalue weighted by Crippen LogP contribution is -2.30. The first-order valence-electron chi connectivity index (χ1n) is 9.06. The predicted octanol–water partition coefficient (Wildman–Crippen LogP) is 2.40. The van der Waals surface area contributed by atoms with Gasteiger partial charge in [-0.2, -0.15) is 0 Å². The first-order chi connectivity index (χ1) is 15.4. The number of carbonyl (C=O) groups excluding carboxylic acids is 1. The van der Waals surface area contributed by atoms with Gasteiger partial charge in [-0.05, 0) is 18.6 Å². The van der Waals surface area contributed by atoms with Crippen LogP contribution in [-0.2, 0) is 6.54 Å². The Morgan fingerprint density at radius 3 is 2.62 bits per heavy atom. The molecule has 32 heavy (non-hydrogen) atoms. The molecular weight excluding hydrogens is 446 g/mol. The van der Waals surface area contributed by atoms with Crippen molar-refractivity contribution in [3.63, 3.8) is 0 Å². The van der Waals surface area contributed by atoms with Crippen molar-refractivity contribution in [2.75, 3.05) is 17.3 Å². The average Bonchev–Trinajstić information content (AvgIpc) is 3.28. The number of aryl methyl sites for hydroxylation is 1. The van der Waals surface area contributed by atoms with E-state index in [0.29, 0.717) is 19.5 Å². The minimum absolute atomic E-state index is 0.0329. The van der Waals surface area contributed by atoms with Crippen LogP contribution in [0.5, 0.6) is 0 Å². The number of aromatic nitrogens is 4. The van der Waals surface area contributed by atoms with Crippen molar-refractivity contribution in [1.29, 1.82) is 0 Å². The number of rotatable bonds is 10. The number of nitrogens with one attached hydrogen (secondary N) is 3. The molecule has 0 aliphatic carbocycles. The number of hydrogen-bond donors (Lipinski definition) is 3. The van der Waals surface area contributed by atoms with Crippen LogP contribution < -0.4 is 16.2 Å². The van der Waals surface area contributed by atoms with Crippen LogP contribution in [0, 0.1) is 20.2 Å². The third-order valence-electron chi connectivity index (χ3n) is 4.15. The number of hydrogen-bond acceptors (Lipinski definition) is 10. The molecular formula is C17H16ClN9O5. The van der Waals surface area contributed by atoms with E-state index < -0.39 is 27.1 Å². The molecule has 2 aromatic heterocycles. The maximum Gasteiger partial charge on any atom is 0.354 e. The molecule has 15 heteroatoms. The zero-order valence-corrected chi connectivity index (χ0v) is 17.0. The van der Waals surface area contributed by atoms with Crippen LogP contribution in [0.2, 0.25) is 5.02 Å². The van der Waals surface area contributed by atoms with Crippen LogP contribution in [-0.4, -0.2) is 41.8 Å². The molecule has 0 unspecified atom stereocenters. The second kappa shape index (κ2) is 10.1. The van der Waals surface area contributed by atoms with Crippen molar-refractivity contribution in [3.05, 3.63) is 74.1 Å². The Hall–Kier alpha value is -4.33. The molecule has 0 atom stereocenters. The zero-order valence-electron chi connectivity index (χ0n) is 16.3. The topological polar surface area (TPSA) is 183 Å². The molecule has 14 nitrogen and oxygen atoms in total. The number of hydrazine groups is 1. The average molecular weight is 462 g/mol. The molecule has 3 N–H and O–H groups in total. The van der Waals surface area contributed by atoms with Crippen molar-refractivity contribution >= 4 is 40.5 Å². The summed E-state index contributed by atoms with van der Waals surface area (Å²) in [6, 6.07) is 3.46. The van der Waals surface area contributed by atoms with Crippen LogP contribution >= 0.6 is 11.6 Å². The number of benzene rings is 1. The summed E-state index contributed by atoms with van der Waals surface area (Å²) in [5, 5.41) is 25.3. The smallest absolute Gasteiger partial charge is 0.354 e. The van der Waals surface area contributed by atoms with Gasteiger partial charge < -0.3 is 9.88 Å². The van der Waals surface area contributed by atoms with Gasteiger partial charge in [0, 0.05) is 37.1 Å². The van der Waals surface area contributed by atoms with Gasteiger partial charge in [-0.3, -0.25) is 35.9 Å². The van der Waals surface area contributed by atoms with Gasteiger partial charge in [-0.1, -0.05) is 11.6 Å². The van der Waals surface area contributed by atoms with Crippen molar-refractivity contribution in [3.8, 4) is 0 Å². The molecule has 2 heterocycles. The van der Waals surface area contributed by atoms with Crippen molar-refractivity contribution in [2.45, 2.75) is 13.0 Å². The summed E-state index contributed by atoms with van der Waals surface area (Å²) >= 11 is 5.73. The Bertz CT molecular complexity index is 1140. The molecule has 1 amide bonds. The quantitative estimate of drug-likeness (QED) is 0.230. The Morgan fingerprint density at radius 2 is 1.94 bits per heavy atom. The monoisotopic (exact) mass is 461 g/mol. The van der Waals surface area contributed by atoms with Crippen molar-refractivity contribution < 1.29 is 14.6 Å². The van der Waals surface area contributed by atoms with E-state index >= 15 is 0 Å². The summed E-state index contributed by atoms with van der Waals surface area (Å²) in [6.07, 6.45) is 6.84. The summed E-state index contributed by atoms with van der Waals surface area (Å²) in [5.74, 6) is -1.08. The Kier molecular flexibility index (Phi) is 7.07. The van der Waals surface area contributed by atoms with Crippen LogP contribution in [0.15, 0.2) is 43.2 Å². The Morgan fingerprint density at radius 1 is 1.16 bits per heavy atom. The summed E-state index contributed by atoms with van der Waals surface area (Å²) in [4.78, 5) is 45.1. The maximum absolute atomic E-state index is 12.3. The largest absolute Gasteiger partial charge is 0.364 e. The molecule has 0 aliphatic rings. The second-order valence-corrected chi connectivity index (χ2v) is 6.67. The third-order valence-corrected chi connectivity index (χ3v) is 4.47. The number of nitro groups is 2. The number of carbonyl (C=O) groups is 1. The molecule has 0 saturated heterocycles. The van der Waals surface area contributed by atoms with E-state index in [4.69, 9.17) is 11.6 Å². The number of nitro benzene ring substituents is 1. The molecule has 0 spiro atoms. The van der Waals surface area contributed by atoms with E-state index in [-0.39, 0.29) is 22.2 Å². The van der Waals surface area contributed by atoms with Crippen LogP contribution in [0.1, 0.15) is 16.8 Å². The molecule has 0 aliphatic heterocycles. The normalized spacial score (nSPS) is 10.4. The summed E-state index contributed by atoms with van der Waals surface area (Å²) in [5.41, 5.74) is 3.58. The lowest BCUT2D eigenvalue weighted by Gasteiger charge is -2.11. The van der Waals surface area contributed by atoms with Gasteiger partial charge in [0.05, 0.1) is 16.2 Å². The molecule has 0 saturated carbocycles. The first kappa shape index (κ1) is 22.4. The van der Waals surface area contributed by atoms with Gasteiger partial charge in [0.2, 0.25) is 11.6 Å². The molecule has 0 radical (unpaired) electrons. The highest BCUT2D eigenvalue weighted by Gasteiger charge is 2.24. The molecule has 166 valence electrons. The highest BCUT2D eigenvalue weighted by Crippen LogP contribution is 2.28. The SMILES string of the molecule is O=C(NNc1ncnc(NCCCn2ccnc2)c1[N+](=O)[O-])c1ccc(Cl)c([N+](=O)[O-])c1. The molecule has 0 fully saturated rings. The number of anilines is 2. The standard InChI is InChI=1S/C17H16ClN9O5/c18-12-3-2-11(8-13(12)26(29)30)17(28)24-23-16-14(27(31)32)15(21-9-22-16)20-4-1-6-25-7-5-19-10-25/h2-3,5,7-10H,1,4,6H2,(H,24,28)(H2,20,21,22,23). The number of amides is 1. The lowest BCUT2D eigenvalue weighted by atomic mass is 10.2. The van der Waals surface area contributed by atoms with E-state index in [0.717, 1.165) is 12.4 Å². The molecule has 1 aromatic carbocycles. The van der Waals surface area contributed by atoms with Gasteiger partial charge in [0.15, 0.2) is 0 Å². The van der Waals surface area contributed by atoms with E-state index in [1.807, 2.05) is 4.57 Å². The first-order valence-corrected chi connectivity index (χ1v) is 9.44. The summed E-state index contributed by atoms with van der Waals surface area (Å²) in [7, 11) is 0. The van der Waals surface area contributed by atoms with Gasteiger partial charge in [0.25, 0.3) is 11.6 Å². The third kappa shape index (κ3) is 5.42. The minimum Gasteiger partial charge on any atom is -0.364 e. The fourth-order valence-electron chi connectivity index (χ4n) is 2.64. The Balaban J connectivity index is 1.67. The molecule has 0 bridgehead atoms. The van der Waals surface area contributed by atoms with Gasteiger partial charge in [-0.15, -0.1) is 0 Å². The predicted molar refractivity (Wildman–Crippen MR) is 113 cm³/mol. The maximum atomic E-state index is 12.3. The summed E-state index contributed by atoms with van der Waals surface area (Å²) in [6.45, 7) is 1.04. The number of imidazole rings is 1.